The molecule has 2 heterocycles. The molecule has 0 spiro atoms. The lowest BCUT2D eigenvalue weighted by Crippen LogP contribution is -2.53. The smallest absolute Gasteiger partial charge is 0.418 e. The number of ether oxygens (including phenoxy) is 1. The molecule has 0 radical (unpaired) electrons. The lowest BCUT2D eigenvalue weighted by Gasteiger charge is -2.40. The molecule has 3 rings (SSSR count). The van der Waals surface area contributed by atoms with Crippen molar-refractivity contribution in [3.8, 4) is 0 Å². The molecule has 0 unspecified atom stereocenters. The Labute approximate surface area is 159 Å². The van der Waals surface area contributed by atoms with Gasteiger partial charge in [0.15, 0.2) is 0 Å². The second-order valence-corrected chi connectivity index (χ2v) is 7.55. The second kappa shape index (κ2) is 7.14. The maximum absolute atomic E-state index is 13.9. The zero-order valence-corrected chi connectivity index (χ0v) is 15.5. The van der Waals surface area contributed by atoms with Gasteiger partial charge in [-0.05, 0) is 38.8 Å². The summed E-state index contributed by atoms with van der Waals surface area (Å²) in [6, 6.07) is 1.57. The first kappa shape index (κ1) is 20.2. The number of carbonyl (C=O) groups excluding carboxylic acids is 2. The Hall–Kier alpha value is -2.52. The average Bonchev–Trinajstić information content (AvgIpc) is 2.88. The van der Waals surface area contributed by atoms with Crippen LogP contribution in [0.5, 0.6) is 0 Å². The van der Waals surface area contributed by atoms with Crippen molar-refractivity contribution in [2.45, 2.75) is 44.4 Å². The van der Waals surface area contributed by atoms with Crippen LogP contribution < -0.4 is 5.32 Å². The van der Waals surface area contributed by atoms with Crippen molar-refractivity contribution in [3.05, 3.63) is 29.6 Å². The highest BCUT2D eigenvalue weighted by Gasteiger charge is 2.45. The zero-order chi connectivity index (χ0) is 20.7. The van der Waals surface area contributed by atoms with Crippen LogP contribution in [-0.2, 0) is 10.9 Å². The minimum absolute atomic E-state index is 0.131. The third-order valence-electron chi connectivity index (χ3n) is 5.07. The van der Waals surface area contributed by atoms with Gasteiger partial charge in [0.2, 0.25) is 0 Å². The van der Waals surface area contributed by atoms with Crippen LogP contribution in [0, 0.1) is 5.82 Å². The van der Waals surface area contributed by atoms with E-state index in [0.29, 0.717) is 18.9 Å². The quantitative estimate of drug-likeness (QED) is 0.758. The van der Waals surface area contributed by atoms with E-state index in [1.54, 1.807) is 4.90 Å². The normalized spacial score (nSPS) is 20.3. The number of carbonyl (C=O) groups is 2. The number of anilines is 1. The number of cyclic esters (lactones) is 1. The number of rotatable bonds is 2. The van der Waals surface area contributed by atoms with Gasteiger partial charge in [-0.25, -0.2) is 14.0 Å². The van der Waals surface area contributed by atoms with Gasteiger partial charge in [0, 0.05) is 19.1 Å². The Morgan fingerprint density at radius 3 is 2.43 bits per heavy atom. The molecule has 10 heteroatoms. The molecule has 0 saturated carbocycles. The summed E-state index contributed by atoms with van der Waals surface area (Å²) >= 11 is 0. The lowest BCUT2D eigenvalue weighted by atomic mass is 9.97. The van der Waals surface area contributed by atoms with Crippen molar-refractivity contribution in [3.63, 3.8) is 0 Å². The van der Waals surface area contributed by atoms with Crippen molar-refractivity contribution in [1.82, 2.24) is 9.80 Å². The third kappa shape index (κ3) is 3.85. The van der Waals surface area contributed by atoms with Crippen molar-refractivity contribution >= 4 is 17.8 Å². The fraction of sp³-hybridized carbons (Fsp3) is 0.556. The van der Waals surface area contributed by atoms with E-state index >= 15 is 0 Å². The number of para-hydroxylation sites is 1. The number of alkyl halides is 3. The molecule has 6 nitrogen and oxygen atoms in total. The summed E-state index contributed by atoms with van der Waals surface area (Å²) in [5.41, 5.74) is -2.58. The minimum atomic E-state index is -4.79. The number of amides is 3. The second-order valence-electron chi connectivity index (χ2n) is 7.55. The first-order valence-electron chi connectivity index (χ1n) is 8.88. The van der Waals surface area contributed by atoms with Crippen LogP contribution in [0.3, 0.4) is 0 Å². The number of benzene rings is 1. The first-order valence-corrected chi connectivity index (χ1v) is 8.88. The van der Waals surface area contributed by atoms with E-state index in [-0.39, 0.29) is 25.7 Å². The number of likely N-dealkylation sites (tertiary alicyclic amines) is 1. The van der Waals surface area contributed by atoms with Crippen molar-refractivity contribution in [2.24, 2.45) is 0 Å². The molecule has 1 N–H and O–H groups in total. The summed E-state index contributed by atoms with van der Waals surface area (Å²) in [5, 5.41) is 2.05. The number of urea groups is 1. The summed E-state index contributed by atoms with van der Waals surface area (Å²) in [6.45, 7) is 4.50. The highest BCUT2D eigenvalue weighted by molar-refractivity contribution is 5.90. The molecular formula is C18H21F4N3O3. The predicted molar refractivity (Wildman–Crippen MR) is 92.3 cm³/mol. The molecule has 2 aliphatic rings. The Morgan fingerprint density at radius 2 is 1.89 bits per heavy atom. The van der Waals surface area contributed by atoms with Crippen LogP contribution in [0.15, 0.2) is 18.2 Å². The molecule has 0 aliphatic carbocycles. The average molecular weight is 403 g/mol. The number of hydrogen-bond acceptors (Lipinski definition) is 3. The molecule has 154 valence electrons. The maximum atomic E-state index is 13.9. The van der Waals surface area contributed by atoms with Crippen molar-refractivity contribution < 1.29 is 31.9 Å². The summed E-state index contributed by atoms with van der Waals surface area (Å²) in [7, 11) is 0. The summed E-state index contributed by atoms with van der Waals surface area (Å²) in [4.78, 5) is 27.3. The van der Waals surface area contributed by atoms with E-state index in [4.69, 9.17) is 4.74 Å². The molecule has 1 aromatic carbocycles. The van der Waals surface area contributed by atoms with Crippen LogP contribution in [-0.4, -0.2) is 53.2 Å². The van der Waals surface area contributed by atoms with Gasteiger partial charge in [0.1, 0.15) is 12.4 Å². The van der Waals surface area contributed by atoms with Gasteiger partial charge in [0.25, 0.3) is 0 Å². The minimum Gasteiger partial charge on any atom is -0.447 e. The molecule has 2 aliphatic heterocycles. The molecule has 0 aromatic heterocycles. The van der Waals surface area contributed by atoms with Crippen LogP contribution in [0.2, 0.25) is 0 Å². The first-order chi connectivity index (χ1) is 13.0. The van der Waals surface area contributed by atoms with E-state index in [2.05, 4.69) is 5.32 Å². The van der Waals surface area contributed by atoms with Crippen LogP contribution in [0.4, 0.5) is 32.8 Å². The van der Waals surface area contributed by atoms with Gasteiger partial charge < -0.3 is 15.0 Å². The highest BCUT2D eigenvalue weighted by atomic mass is 19.4. The van der Waals surface area contributed by atoms with E-state index in [0.717, 1.165) is 12.1 Å². The molecule has 0 atom stereocenters. The summed E-state index contributed by atoms with van der Waals surface area (Å²) in [6.07, 6.45) is -4.29. The van der Waals surface area contributed by atoms with Gasteiger partial charge in [-0.15, -0.1) is 0 Å². The molecular weight excluding hydrogens is 382 g/mol. The monoisotopic (exact) mass is 403 g/mol. The van der Waals surface area contributed by atoms with Gasteiger partial charge in [-0.2, -0.15) is 13.2 Å². The molecule has 1 aromatic rings. The largest absolute Gasteiger partial charge is 0.447 e. The molecule has 2 fully saturated rings. The highest BCUT2D eigenvalue weighted by Crippen LogP contribution is 2.36. The number of halogens is 4. The number of nitrogens with zero attached hydrogens (tertiary/aromatic N) is 2. The predicted octanol–water partition coefficient (Wildman–Crippen LogP) is 4.07. The van der Waals surface area contributed by atoms with Crippen molar-refractivity contribution in [2.75, 3.05) is 25.0 Å². The Balaban J connectivity index is 1.66. The molecule has 0 bridgehead atoms. The van der Waals surface area contributed by atoms with E-state index in [1.807, 2.05) is 13.8 Å². The Bertz CT molecular complexity index is 774. The van der Waals surface area contributed by atoms with Crippen LogP contribution in [0.1, 0.15) is 32.3 Å². The van der Waals surface area contributed by atoms with Crippen molar-refractivity contribution in [1.29, 1.82) is 0 Å². The number of nitrogens with one attached hydrogen (secondary N) is 1. The van der Waals surface area contributed by atoms with E-state index < -0.39 is 40.9 Å². The summed E-state index contributed by atoms with van der Waals surface area (Å²) in [5.74, 6) is -1.15. The third-order valence-corrected chi connectivity index (χ3v) is 5.07. The fourth-order valence-corrected chi connectivity index (χ4v) is 3.67. The van der Waals surface area contributed by atoms with E-state index in [1.165, 1.54) is 4.90 Å². The van der Waals surface area contributed by atoms with Gasteiger partial charge in [-0.3, -0.25) is 4.90 Å². The maximum Gasteiger partial charge on any atom is 0.418 e. The molecule has 28 heavy (non-hydrogen) atoms. The van der Waals surface area contributed by atoms with Gasteiger partial charge >= 0.3 is 18.3 Å². The number of piperidine rings is 1. The van der Waals surface area contributed by atoms with Crippen LogP contribution >= 0.6 is 0 Å². The number of hydrogen-bond donors (Lipinski definition) is 1. The zero-order valence-electron chi connectivity index (χ0n) is 15.5. The van der Waals surface area contributed by atoms with Gasteiger partial charge in [0.05, 0.1) is 16.8 Å². The fourth-order valence-electron chi connectivity index (χ4n) is 3.67. The lowest BCUT2D eigenvalue weighted by molar-refractivity contribution is -0.137. The van der Waals surface area contributed by atoms with Crippen LogP contribution in [0.25, 0.3) is 0 Å². The summed E-state index contributed by atoms with van der Waals surface area (Å²) < 4.78 is 58.2. The topological polar surface area (TPSA) is 61.9 Å². The van der Waals surface area contributed by atoms with E-state index in [9.17, 15) is 27.2 Å². The molecule has 3 amide bonds. The SMILES string of the molecule is CC1(C)COC(=O)N1C1CCN(C(=O)Nc2c(F)cccc2C(F)(F)F)CC1. The van der Waals surface area contributed by atoms with Gasteiger partial charge in [-0.1, -0.05) is 6.07 Å². The Kier molecular flexibility index (Phi) is 5.16. The standard InChI is InChI=1S/C18H21F4N3O3/c1-17(2)10-28-16(27)25(17)11-6-8-24(9-7-11)15(26)23-14-12(18(20,21)22)4-3-5-13(14)19/h3-5,11H,6-10H2,1-2H3,(H,23,26). The Morgan fingerprint density at radius 1 is 1.25 bits per heavy atom. The molecule has 2 saturated heterocycles.